The molecule has 4 aromatic carbocycles. The smallest absolute Gasteiger partial charge is 0.254 e. The molecule has 0 bridgehead atoms. The maximum Gasteiger partial charge on any atom is 0.254 e. The van der Waals surface area contributed by atoms with E-state index in [-0.39, 0.29) is 17.5 Å². The van der Waals surface area contributed by atoms with E-state index in [2.05, 4.69) is 0 Å². The summed E-state index contributed by atoms with van der Waals surface area (Å²) in [5.74, 6) is -0.244. The van der Waals surface area contributed by atoms with Gasteiger partial charge in [-0.2, -0.15) is 0 Å². The molecular formula is C29H25F2NO2. The van der Waals surface area contributed by atoms with Gasteiger partial charge in [-0.15, -0.1) is 0 Å². The van der Waals surface area contributed by atoms with Crippen LogP contribution >= 0.6 is 0 Å². The lowest BCUT2D eigenvalue weighted by Gasteiger charge is -2.23. The summed E-state index contributed by atoms with van der Waals surface area (Å²) in [5.41, 5.74) is 2.16. The first-order valence-electron chi connectivity index (χ1n) is 11.2. The van der Waals surface area contributed by atoms with Gasteiger partial charge in [0.15, 0.2) is 11.6 Å². The van der Waals surface area contributed by atoms with E-state index in [0.717, 1.165) is 5.56 Å². The molecule has 0 fully saturated rings. The number of benzene rings is 4. The van der Waals surface area contributed by atoms with Gasteiger partial charge in [0.1, 0.15) is 11.6 Å². The second kappa shape index (κ2) is 11.2. The highest BCUT2D eigenvalue weighted by Crippen LogP contribution is 2.25. The van der Waals surface area contributed by atoms with Crippen LogP contribution in [0, 0.1) is 11.6 Å². The van der Waals surface area contributed by atoms with Crippen molar-refractivity contribution in [3.05, 3.63) is 131 Å². The minimum Gasteiger partial charge on any atom is -0.454 e. The van der Waals surface area contributed by atoms with Gasteiger partial charge in [0.25, 0.3) is 5.91 Å². The molecule has 0 spiro atoms. The topological polar surface area (TPSA) is 29.5 Å². The van der Waals surface area contributed by atoms with E-state index in [4.69, 9.17) is 4.74 Å². The third kappa shape index (κ3) is 6.07. The van der Waals surface area contributed by atoms with Crippen LogP contribution < -0.4 is 4.74 Å². The molecule has 5 heteroatoms. The van der Waals surface area contributed by atoms with E-state index >= 15 is 0 Å². The number of rotatable bonds is 9. The van der Waals surface area contributed by atoms with Crippen molar-refractivity contribution < 1.29 is 18.3 Å². The summed E-state index contributed by atoms with van der Waals surface area (Å²) >= 11 is 0. The summed E-state index contributed by atoms with van der Waals surface area (Å²) in [6.45, 7) is 0.931. The molecule has 1 amide bonds. The average Bonchev–Trinajstić information content (AvgIpc) is 2.87. The Morgan fingerprint density at radius 3 is 2.09 bits per heavy atom. The zero-order chi connectivity index (χ0) is 23.8. The first-order chi connectivity index (χ1) is 16.6. The lowest BCUT2D eigenvalue weighted by Crippen LogP contribution is -2.31. The minimum absolute atomic E-state index is 0.125. The quantitative estimate of drug-likeness (QED) is 0.270. The van der Waals surface area contributed by atoms with Crippen LogP contribution in [0.5, 0.6) is 11.5 Å². The molecule has 0 saturated heterocycles. The van der Waals surface area contributed by atoms with Gasteiger partial charge in [-0.05, 0) is 66.4 Å². The number of hydrogen-bond donors (Lipinski definition) is 0. The average molecular weight is 458 g/mol. The first kappa shape index (κ1) is 23.2. The molecule has 0 unspecified atom stereocenters. The Kier molecular flexibility index (Phi) is 7.66. The lowest BCUT2D eigenvalue weighted by atomic mass is 10.1. The Bertz CT molecular complexity index is 1230. The van der Waals surface area contributed by atoms with E-state index in [9.17, 15) is 13.6 Å². The minimum atomic E-state index is -0.452. The Morgan fingerprint density at radius 1 is 0.735 bits per heavy atom. The summed E-state index contributed by atoms with van der Waals surface area (Å²) in [6, 6.07) is 29.3. The van der Waals surface area contributed by atoms with Crippen LogP contribution in [0.4, 0.5) is 8.78 Å². The Balaban J connectivity index is 1.46. The van der Waals surface area contributed by atoms with E-state index in [0.29, 0.717) is 42.8 Å². The molecule has 0 N–H and O–H groups in total. The number of ether oxygens (including phenoxy) is 1. The molecule has 34 heavy (non-hydrogen) atoms. The molecule has 172 valence electrons. The van der Waals surface area contributed by atoms with Crippen LogP contribution in [0.15, 0.2) is 103 Å². The molecular weight excluding hydrogens is 432 g/mol. The highest BCUT2D eigenvalue weighted by Gasteiger charge is 2.17. The fourth-order valence-corrected chi connectivity index (χ4v) is 3.72. The summed E-state index contributed by atoms with van der Waals surface area (Å²) in [4.78, 5) is 15.1. The molecule has 4 aromatic rings. The van der Waals surface area contributed by atoms with Gasteiger partial charge < -0.3 is 9.64 Å². The van der Waals surface area contributed by atoms with Crippen molar-refractivity contribution in [2.75, 3.05) is 6.54 Å². The fraction of sp³-hybridized carbons (Fsp3) is 0.138. The van der Waals surface area contributed by atoms with E-state index in [1.165, 1.54) is 12.1 Å². The van der Waals surface area contributed by atoms with Crippen molar-refractivity contribution in [2.24, 2.45) is 0 Å². The number of carbonyl (C=O) groups excluding carboxylic acids is 1. The molecule has 0 heterocycles. The van der Waals surface area contributed by atoms with Gasteiger partial charge in [0, 0.05) is 18.7 Å². The number of halogens is 2. The molecule has 0 aliphatic heterocycles. The maximum absolute atomic E-state index is 14.0. The van der Waals surface area contributed by atoms with Crippen LogP contribution in [0.3, 0.4) is 0 Å². The molecule has 0 saturated carbocycles. The van der Waals surface area contributed by atoms with Crippen molar-refractivity contribution in [3.63, 3.8) is 0 Å². The van der Waals surface area contributed by atoms with Crippen molar-refractivity contribution in [3.8, 4) is 11.5 Å². The van der Waals surface area contributed by atoms with Crippen LogP contribution in [-0.4, -0.2) is 17.4 Å². The zero-order valence-corrected chi connectivity index (χ0v) is 18.7. The highest BCUT2D eigenvalue weighted by molar-refractivity contribution is 5.94. The summed E-state index contributed by atoms with van der Waals surface area (Å²) < 4.78 is 33.4. The van der Waals surface area contributed by atoms with Crippen LogP contribution in [0.1, 0.15) is 27.9 Å². The van der Waals surface area contributed by atoms with Crippen molar-refractivity contribution in [1.29, 1.82) is 0 Å². The normalized spacial score (nSPS) is 10.6. The maximum atomic E-state index is 14.0. The summed E-state index contributed by atoms with van der Waals surface area (Å²) in [5, 5.41) is 0. The van der Waals surface area contributed by atoms with Crippen LogP contribution in [0.25, 0.3) is 0 Å². The van der Waals surface area contributed by atoms with Gasteiger partial charge in [0.05, 0.1) is 0 Å². The molecule has 0 aromatic heterocycles. The number of nitrogens with zero attached hydrogens (tertiary/aromatic N) is 1. The zero-order valence-electron chi connectivity index (χ0n) is 18.7. The number of amides is 1. The van der Waals surface area contributed by atoms with E-state index in [1.54, 1.807) is 59.5 Å². The van der Waals surface area contributed by atoms with Crippen molar-refractivity contribution >= 4 is 5.91 Å². The predicted molar refractivity (Wildman–Crippen MR) is 129 cm³/mol. The Morgan fingerprint density at radius 2 is 1.38 bits per heavy atom. The number of carbonyl (C=O) groups is 1. The number of aryl methyl sites for hydroxylation is 1. The number of para-hydroxylation sites is 1. The molecule has 0 aliphatic carbocycles. The van der Waals surface area contributed by atoms with Gasteiger partial charge in [-0.25, -0.2) is 8.78 Å². The Labute approximate surface area is 198 Å². The second-order valence-electron chi connectivity index (χ2n) is 7.96. The number of hydrogen-bond acceptors (Lipinski definition) is 2. The molecule has 4 rings (SSSR count). The van der Waals surface area contributed by atoms with Gasteiger partial charge >= 0.3 is 0 Å². The standard InChI is InChI=1S/C29H25F2NO2/c30-26-13-5-4-11-23(26)12-8-20-32(21-22-9-2-1-3-10-22)29(33)24-16-18-25(19-17-24)34-28-15-7-6-14-27(28)31/h1-7,9-11,13-19H,8,12,20-21H2. The Hall–Kier alpha value is -3.99. The van der Waals surface area contributed by atoms with Crippen LogP contribution in [0.2, 0.25) is 0 Å². The van der Waals surface area contributed by atoms with Crippen molar-refractivity contribution in [2.45, 2.75) is 19.4 Å². The van der Waals surface area contributed by atoms with Gasteiger partial charge in [0.2, 0.25) is 0 Å². The SMILES string of the molecule is O=C(c1ccc(Oc2ccccc2F)cc1)N(CCCc1ccccc1F)Cc1ccccc1. The lowest BCUT2D eigenvalue weighted by molar-refractivity contribution is 0.0741. The van der Waals surface area contributed by atoms with Gasteiger partial charge in [-0.1, -0.05) is 60.7 Å². The van der Waals surface area contributed by atoms with E-state index in [1.807, 2.05) is 36.4 Å². The summed E-state index contributed by atoms with van der Waals surface area (Å²) in [7, 11) is 0. The van der Waals surface area contributed by atoms with Crippen molar-refractivity contribution in [1.82, 2.24) is 4.90 Å². The highest BCUT2D eigenvalue weighted by atomic mass is 19.1. The monoisotopic (exact) mass is 457 g/mol. The fourth-order valence-electron chi connectivity index (χ4n) is 3.72. The third-order valence-corrected chi connectivity index (χ3v) is 5.50. The molecule has 3 nitrogen and oxygen atoms in total. The third-order valence-electron chi connectivity index (χ3n) is 5.50. The first-order valence-corrected chi connectivity index (χ1v) is 11.2. The summed E-state index contributed by atoms with van der Waals surface area (Å²) in [6.07, 6.45) is 1.18. The molecule has 0 aliphatic rings. The largest absolute Gasteiger partial charge is 0.454 e. The predicted octanol–water partition coefficient (Wildman–Crippen LogP) is 7.03. The molecule has 0 atom stereocenters. The van der Waals surface area contributed by atoms with Crippen LogP contribution in [-0.2, 0) is 13.0 Å². The molecule has 0 radical (unpaired) electrons. The van der Waals surface area contributed by atoms with E-state index < -0.39 is 5.82 Å². The van der Waals surface area contributed by atoms with Gasteiger partial charge in [-0.3, -0.25) is 4.79 Å². The second-order valence-corrected chi connectivity index (χ2v) is 7.96.